The molecule has 1 fully saturated rings. The predicted molar refractivity (Wildman–Crippen MR) is 132 cm³/mol. The van der Waals surface area contributed by atoms with E-state index in [4.69, 9.17) is 0 Å². The highest BCUT2D eigenvalue weighted by molar-refractivity contribution is 9.12. The van der Waals surface area contributed by atoms with E-state index in [9.17, 15) is 24.3 Å². The molecule has 0 unspecified atom stereocenters. The number of phenols is 1. The zero-order chi connectivity index (χ0) is 24.4. The Morgan fingerprint density at radius 2 is 1.69 bits per heavy atom. The van der Waals surface area contributed by atoms with Gasteiger partial charge in [-0.1, -0.05) is 42.0 Å². The number of carbonyl (C=O) groups is 4. The van der Waals surface area contributed by atoms with Crippen molar-refractivity contribution in [3.8, 4) is 5.75 Å². The highest BCUT2D eigenvalue weighted by Gasteiger charge is 2.56. The normalized spacial score (nSPS) is 27.9. The molecule has 0 spiro atoms. The number of allylic oxidation sites excluding steroid dienone is 6. The largest absolute Gasteiger partial charge is 0.508 e. The predicted octanol–water partition coefficient (Wildman–Crippen LogP) is 4.36. The van der Waals surface area contributed by atoms with Crippen molar-refractivity contribution in [3.05, 3.63) is 93.5 Å². The van der Waals surface area contributed by atoms with Gasteiger partial charge in [-0.05, 0) is 64.5 Å². The fourth-order valence-corrected chi connectivity index (χ4v) is 6.57. The van der Waals surface area contributed by atoms with Gasteiger partial charge < -0.3 is 5.11 Å². The maximum Gasteiger partial charge on any atom is 0.238 e. The number of nitrogens with zero attached hydrogens (tertiary/aromatic N) is 1. The second kappa shape index (κ2) is 7.99. The number of benzene rings is 2. The molecule has 6 rings (SSSR count). The maximum absolute atomic E-state index is 13.7. The number of hydrogen-bond acceptors (Lipinski definition) is 5. The van der Waals surface area contributed by atoms with Crippen LogP contribution in [0.5, 0.6) is 5.75 Å². The molecular formula is C28H20BrNO5. The molecule has 1 heterocycles. The summed E-state index contributed by atoms with van der Waals surface area (Å²) in [4.78, 5) is 54.7. The Kier molecular flexibility index (Phi) is 5.00. The van der Waals surface area contributed by atoms with E-state index in [1.807, 2.05) is 18.2 Å². The molecule has 4 atom stereocenters. The Balaban J connectivity index is 1.50. The second-order valence-electron chi connectivity index (χ2n) is 9.34. The summed E-state index contributed by atoms with van der Waals surface area (Å²) < 4.78 is 0.190. The summed E-state index contributed by atoms with van der Waals surface area (Å²) in [5.74, 6) is -3.11. The van der Waals surface area contributed by atoms with E-state index in [-0.39, 0.29) is 40.0 Å². The number of ketones is 2. The summed E-state index contributed by atoms with van der Waals surface area (Å²) in [5, 5.41) is 10.2. The van der Waals surface area contributed by atoms with Crippen LogP contribution in [0.2, 0.25) is 0 Å². The Morgan fingerprint density at radius 1 is 0.914 bits per heavy atom. The minimum absolute atomic E-state index is 0.0507. The lowest BCUT2D eigenvalue weighted by Gasteiger charge is -2.42. The molecule has 4 aliphatic rings. The number of para-hydroxylation sites is 1. The van der Waals surface area contributed by atoms with Crippen LogP contribution in [0.15, 0.2) is 88.0 Å². The molecule has 1 N–H and O–H groups in total. The van der Waals surface area contributed by atoms with Gasteiger partial charge in [-0.15, -0.1) is 0 Å². The van der Waals surface area contributed by atoms with Crippen molar-refractivity contribution in [3.63, 3.8) is 0 Å². The van der Waals surface area contributed by atoms with Crippen LogP contribution in [0.4, 0.5) is 5.69 Å². The highest BCUT2D eigenvalue weighted by atomic mass is 79.9. The van der Waals surface area contributed by atoms with Gasteiger partial charge in [0.25, 0.3) is 0 Å². The van der Waals surface area contributed by atoms with Crippen LogP contribution in [0.3, 0.4) is 0 Å². The number of rotatable bonds is 2. The molecule has 0 radical (unpaired) electrons. The third-order valence-electron chi connectivity index (χ3n) is 7.55. The Bertz CT molecular complexity index is 1420. The van der Waals surface area contributed by atoms with Gasteiger partial charge >= 0.3 is 0 Å². The summed E-state index contributed by atoms with van der Waals surface area (Å²) in [6.45, 7) is 0. The smallest absolute Gasteiger partial charge is 0.238 e. The molecule has 2 aromatic carbocycles. The van der Waals surface area contributed by atoms with Crippen molar-refractivity contribution in [2.45, 2.75) is 18.8 Å². The van der Waals surface area contributed by atoms with E-state index < -0.39 is 23.7 Å². The molecule has 0 saturated carbocycles. The highest BCUT2D eigenvalue weighted by Crippen LogP contribution is 2.55. The number of Topliss-reactive ketones (excluding diaryl/α,β-unsaturated/α-hetero) is 1. The molecule has 2 aromatic rings. The first kappa shape index (κ1) is 21.9. The van der Waals surface area contributed by atoms with Crippen LogP contribution in [0, 0.1) is 17.8 Å². The van der Waals surface area contributed by atoms with E-state index in [0.29, 0.717) is 28.8 Å². The van der Waals surface area contributed by atoms with Crippen molar-refractivity contribution in [2.24, 2.45) is 17.8 Å². The number of imide groups is 1. The third-order valence-corrected chi connectivity index (χ3v) is 8.14. The summed E-state index contributed by atoms with van der Waals surface area (Å²) in [6.07, 6.45) is 3.86. The molecule has 2 amide bonds. The van der Waals surface area contributed by atoms with Crippen LogP contribution in [0.25, 0.3) is 0 Å². The molecule has 7 heteroatoms. The lowest BCUT2D eigenvalue weighted by Crippen LogP contribution is -2.39. The molecule has 0 aromatic heterocycles. The first-order valence-corrected chi connectivity index (χ1v) is 12.3. The van der Waals surface area contributed by atoms with Crippen LogP contribution >= 0.6 is 15.9 Å². The van der Waals surface area contributed by atoms with Gasteiger partial charge in [0, 0.05) is 23.1 Å². The summed E-state index contributed by atoms with van der Waals surface area (Å²) in [7, 11) is 0. The van der Waals surface area contributed by atoms with E-state index in [2.05, 4.69) is 15.9 Å². The number of anilines is 1. The molecule has 1 saturated heterocycles. The van der Waals surface area contributed by atoms with E-state index >= 15 is 0 Å². The van der Waals surface area contributed by atoms with Crippen LogP contribution in [0.1, 0.15) is 24.3 Å². The molecule has 35 heavy (non-hydrogen) atoms. The van der Waals surface area contributed by atoms with Gasteiger partial charge in [0.2, 0.25) is 11.8 Å². The number of fused-ring (bicyclic) bond motifs is 3. The second-order valence-corrected chi connectivity index (χ2v) is 10.2. The lowest BCUT2D eigenvalue weighted by atomic mass is 9.59. The summed E-state index contributed by atoms with van der Waals surface area (Å²) >= 11 is 3.22. The molecule has 6 nitrogen and oxygen atoms in total. The van der Waals surface area contributed by atoms with E-state index in [1.165, 1.54) is 11.0 Å². The quantitative estimate of drug-likeness (QED) is 0.354. The summed E-state index contributed by atoms with van der Waals surface area (Å²) in [5.41, 5.74) is 2.84. The van der Waals surface area contributed by atoms with Gasteiger partial charge in [-0.25, -0.2) is 0 Å². The Hall–Kier alpha value is -3.58. The minimum atomic E-state index is -0.621. The minimum Gasteiger partial charge on any atom is -0.508 e. The average molecular weight is 530 g/mol. The van der Waals surface area contributed by atoms with Gasteiger partial charge in [0.1, 0.15) is 5.75 Å². The first-order chi connectivity index (χ1) is 16.9. The maximum atomic E-state index is 13.7. The van der Waals surface area contributed by atoms with Crippen molar-refractivity contribution < 1.29 is 24.3 Å². The van der Waals surface area contributed by atoms with Crippen LogP contribution < -0.4 is 4.90 Å². The van der Waals surface area contributed by atoms with Crippen molar-refractivity contribution in [2.75, 3.05) is 4.90 Å². The molecule has 0 bridgehead atoms. The molecule has 1 aliphatic heterocycles. The van der Waals surface area contributed by atoms with Gasteiger partial charge in [0.05, 0.1) is 22.0 Å². The number of aromatic hydroxyl groups is 1. The molecule has 3 aliphatic carbocycles. The zero-order valence-corrected chi connectivity index (χ0v) is 20.1. The zero-order valence-electron chi connectivity index (χ0n) is 18.5. The Labute approximate surface area is 209 Å². The monoisotopic (exact) mass is 529 g/mol. The standard InChI is InChI=1S/C28H20BrNO5/c29-21-13-22(32)25-20(26(21)33)12-19-17(23(25)14-5-4-8-16(31)11-14)9-10-18-24(19)28(35)30(27(18)34)15-6-2-1-3-7-15/h1-9,11,13,18-19,23-24,31H,10,12H2/t18-,19+,23-,24-/m0/s1. The molecule has 174 valence electrons. The van der Waals surface area contributed by atoms with E-state index in [0.717, 1.165) is 5.57 Å². The van der Waals surface area contributed by atoms with Crippen LogP contribution in [-0.4, -0.2) is 28.5 Å². The third kappa shape index (κ3) is 3.22. The van der Waals surface area contributed by atoms with Gasteiger partial charge in [-0.3, -0.25) is 24.1 Å². The average Bonchev–Trinajstić information content (AvgIpc) is 3.11. The van der Waals surface area contributed by atoms with Crippen molar-refractivity contribution in [1.82, 2.24) is 0 Å². The van der Waals surface area contributed by atoms with Crippen LogP contribution in [-0.2, 0) is 19.2 Å². The number of hydrogen-bond donors (Lipinski definition) is 1. The fraction of sp³-hybridized carbons (Fsp3) is 0.214. The van der Waals surface area contributed by atoms with Crippen molar-refractivity contribution in [1.29, 1.82) is 0 Å². The first-order valence-electron chi connectivity index (χ1n) is 11.5. The van der Waals surface area contributed by atoms with Crippen molar-refractivity contribution >= 4 is 45.0 Å². The van der Waals surface area contributed by atoms with Gasteiger partial charge in [-0.2, -0.15) is 0 Å². The topological polar surface area (TPSA) is 91.8 Å². The molecular weight excluding hydrogens is 510 g/mol. The lowest BCUT2D eigenvalue weighted by molar-refractivity contribution is -0.123. The van der Waals surface area contributed by atoms with Gasteiger partial charge in [0.15, 0.2) is 11.6 Å². The number of phenolic OH excluding ortho intramolecular Hbond substituents is 1. The fourth-order valence-electron chi connectivity index (χ4n) is 6.12. The SMILES string of the molecule is O=C1C=C(Br)C(=O)C2=C1[C@@H](c1cccc(O)c1)C1=CC[C@@H]3C(=O)N(c4ccccc4)C(=O)[C@@H]3[C@@H]1C2. The Morgan fingerprint density at radius 3 is 2.43 bits per heavy atom. The number of halogens is 1. The number of carbonyl (C=O) groups excluding carboxylic acids is 4. The number of amides is 2. The summed E-state index contributed by atoms with van der Waals surface area (Å²) in [6, 6.07) is 15.5. The van der Waals surface area contributed by atoms with E-state index in [1.54, 1.807) is 42.5 Å².